The maximum Gasteiger partial charge on any atom is 0.234 e. The Morgan fingerprint density at radius 2 is 2.21 bits per heavy atom. The molecule has 2 aromatic heterocycles. The van der Waals surface area contributed by atoms with Crippen LogP contribution in [0.4, 0.5) is 0 Å². The van der Waals surface area contributed by atoms with Crippen molar-refractivity contribution in [3.8, 4) is 11.5 Å². The van der Waals surface area contributed by atoms with E-state index in [0.29, 0.717) is 30.6 Å². The minimum absolute atomic E-state index is 0.00696. The molecule has 6 heteroatoms. The van der Waals surface area contributed by atoms with E-state index in [4.69, 9.17) is 15.0 Å². The van der Waals surface area contributed by atoms with Crippen molar-refractivity contribution in [2.24, 2.45) is 5.73 Å². The van der Waals surface area contributed by atoms with Crippen molar-refractivity contribution in [3.05, 3.63) is 29.8 Å². The van der Waals surface area contributed by atoms with Crippen LogP contribution < -0.4 is 5.73 Å². The highest BCUT2D eigenvalue weighted by Crippen LogP contribution is 2.25. The number of pyridine rings is 1. The third-order valence-corrected chi connectivity index (χ3v) is 3.29. The topological polar surface area (TPSA) is 87.1 Å². The summed E-state index contributed by atoms with van der Waals surface area (Å²) in [6.45, 7) is 3.15. The quantitative estimate of drug-likeness (QED) is 0.875. The molecule has 0 saturated carbocycles. The van der Waals surface area contributed by atoms with Crippen LogP contribution in [0.2, 0.25) is 0 Å². The molecule has 3 heterocycles. The van der Waals surface area contributed by atoms with E-state index in [1.165, 1.54) is 0 Å². The Kier molecular flexibility index (Phi) is 3.27. The fourth-order valence-electron chi connectivity index (χ4n) is 2.17. The molecule has 1 fully saturated rings. The summed E-state index contributed by atoms with van der Waals surface area (Å²) in [6, 6.07) is 5.71. The van der Waals surface area contributed by atoms with E-state index in [2.05, 4.69) is 15.1 Å². The molecule has 0 amide bonds. The first-order valence-corrected chi connectivity index (χ1v) is 6.35. The van der Waals surface area contributed by atoms with E-state index < -0.39 is 0 Å². The van der Waals surface area contributed by atoms with Crippen molar-refractivity contribution < 1.29 is 9.26 Å². The Morgan fingerprint density at radius 3 is 3.00 bits per heavy atom. The van der Waals surface area contributed by atoms with Gasteiger partial charge in [0.2, 0.25) is 11.7 Å². The second kappa shape index (κ2) is 5.07. The predicted molar refractivity (Wildman–Crippen MR) is 68.4 cm³/mol. The standard InChI is InChI=1S/C13H16N4O2/c1-8-3-2-4-11(15-8)12-16-13(19-17-12)9-7-18-6-5-10(9)14/h2-4,9-10H,5-7,14H2,1H3. The summed E-state index contributed by atoms with van der Waals surface area (Å²) in [5.74, 6) is 1.00. The molecule has 19 heavy (non-hydrogen) atoms. The monoisotopic (exact) mass is 260 g/mol. The van der Waals surface area contributed by atoms with Gasteiger partial charge in [0.15, 0.2) is 0 Å². The molecule has 2 atom stereocenters. The third kappa shape index (κ3) is 2.50. The molecule has 0 aliphatic carbocycles. The van der Waals surface area contributed by atoms with Crippen molar-refractivity contribution >= 4 is 0 Å². The normalized spacial score (nSPS) is 23.5. The average Bonchev–Trinajstić information content (AvgIpc) is 2.89. The van der Waals surface area contributed by atoms with Gasteiger partial charge >= 0.3 is 0 Å². The fourth-order valence-corrected chi connectivity index (χ4v) is 2.17. The summed E-state index contributed by atoms with van der Waals surface area (Å²) >= 11 is 0. The zero-order valence-electron chi connectivity index (χ0n) is 10.7. The summed E-state index contributed by atoms with van der Waals surface area (Å²) in [5.41, 5.74) is 7.69. The summed E-state index contributed by atoms with van der Waals surface area (Å²) in [6.07, 6.45) is 0.811. The lowest BCUT2D eigenvalue weighted by Crippen LogP contribution is -2.37. The number of ether oxygens (including phenoxy) is 1. The van der Waals surface area contributed by atoms with Gasteiger partial charge in [-0.25, -0.2) is 4.98 Å². The number of rotatable bonds is 2. The highest BCUT2D eigenvalue weighted by molar-refractivity contribution is 5.48. The first kappa shape index (κ1) is 12.3. The minimum atomic E-state index is -0.0280. The molecule has 100 valence electrons. The first-order chi connectivity index (χ1) is 9.24. The van der Waals surface area contributed by atoms with E-state index in [1.807, 2.05) is 25.1 Å². The smallest absolute Gasteiger partial charge is 0.234 e. The van der Waals surface area contributed by atoms with Gasteiger partial charge in [0.1, 0.15) is 5.69 Å². The number of hydrogen-bond acceptors (Lipinski definition) is 6. The van der Waals surface area contributed by atoms with Crippen molar-refractivity contribution in [2.45, 2.75) is 25.3 Å². The highest BCUT2D eigenvalue weighted by atomic mass is 16.5. The molecule has 0 bridgehead atoms. The van der Waals surface area contributed by atoms with E-state index in [-0.39, 0.29) is 12.0 Å². The zero-order valence-corrected chi connectivity index (χ0v) is 10.7. The SMILES string of the molecule is Cc1cccc(-c2noc(C3COCCC3N)n2)n1. The Morgan fingerprint density at radius 1 is 1.32 bits per heavy atom. The van der Waals surface area contributed by atoms with Crippen LogP contribution in [-0.2, 0) is 4.74 Å². The Labute approximate surface area is 111 Å². The average molecular weight is 260 g/mol. The molecule has 1 aliphatic heterocycles. The molecule has 1 saturated heterocycles. The van der Waals surface area contributed by atoms with Crippen LogP contribution in [-0.4, -0.2) is 34.4 Å². The third-order valence-electron chi connectivity index (χ3n) is 3.29. The molecule has 0 spiro atoms. The largest absolute Gasteiger partial charge is 0.381 e. The number of hydrogen-bond donors (Lipinski definition) is 1. The Balaban J connectivity index is 1.86. The van der Waals surface area contributed by atoms with Crippen molar-refractivity contribution in [1.82, 2.24) is 15.1 Å². The maximum absolute atomic E-state index is 6.06. The van der Waals surface area contributed by atoms with Gasteiger partial charge in [0, 0.05) is 18.3 Å². The molecule has 0 aromatic carbocycles. The molecule has 2 aromatic rings. The van der Waals surface area contributed by atoms with E-state index in [0.717, 1.165) is 12.1 Å². The lowest BCUT2D eigenvalue weighted by atomic mass is 9.97. The fraction of sp³-hybridized carbons (Fsp3) is 0.462. The predicted octanol–water partition coefficient (Wildman–Crippen LogP) is 1.27. The Hall–Kier alpha value is -1.79. The van der Waals surface area contributed by atoms with Gasteiger partial charge in [-0.2, -0.15) is 4.98 Å². The summed E-state index contributed by atoms with van der Waals surface area (Å²) in [7, 11) is 0. The van der Waals surface area contributed by atoms with Crippen LogP contribution >= 0.6 is 0 Å². The van der Waals surface area contributed by atoms with Crippen molar-refractivity contribution in [3.63, 3.8) is 0 Å². The van der Waals surface area contributed by atoms with Crippen LogP contribution in [0.25, 0.3) is 11.5 Å². The van der Waals surface area contributed by atoms with Crippen molar-refractivity contribution in [2.75, 3.05) is 13.2 Å². The van der Waals surface area contributed by atoms with Gasteiger partial charge in [-0.3, -0.25) is 0 Å². The highest BCUT2D eigenvalue weighted by Gasteiger charge is 2.29. The molecule has 3 rings (SSSR count). The van der Waals surface area contributed by atoms with E-state index in [9.17, 15) is 0 Å². The van der Waals surface area contributed by atoms with Crippen molar-refractivity contribution in [1.29, 1.82) is 0 Å². The number of aryl methyl sites for hydroxylation is 1. The summed E-state index contributed by atoms with van der Waals surface area (Å²) < 4.78 is 10.7. The number of aromatic nitrogens is 3. The summed E-state index contributed by atoms with van der Waals surface area (Å²) in [5, 5.41) is 3.98. The maximum atomic E-state index is 6.06. The molecule has 6 nitrogen and oxygen atoms in total. The zero-order chi connectivity index (χ0) is 13.2. The summed E-state index contributed by atoms with van der Waals surface area (Å²) in [4.78, 5) is 8.77. The Bertz CT molecular complexity index is 569. The van der Waals surface area contributed by atoms with Crippen LogP contribution in [0.3, 0.4) is 0 Å². The minimum Gasteiger partial charge on any atom is -0.381 e. The number of nitrogens with two attached hydrogens (primary N) is 1. The van der Waals surface area contributed by atoms with Gasteiger partial charge in [0.25, 0.3) is 0 Å². The molecule has 1 aliphatic rings. The van der Waals surface area contributed by atoms with Gasteiger partial charge < -0.3 is 15.0 Å². The van der Waals surface area contributed by atoms with Crippen LogP contribution in [0, 0.1) is 6.92 Å². The van der Waals surface area contributed by atoms with Crippen LogP contribution in [0.5, 0.6) is 0 Å². The van der Waals surface area contributed by atoms with E-state index >= 15 is 0 Å². The van der Waals surface area contributed by atoms with Gasteiger partial charge in [0.05, 0.1) is 12.5 Å². The molecule has 2 N–H and O–H groups in total. The number of nitrogens with zero attached hydrogens (tertiary/aromatic N) is 3. The molecule has 0 radical (unpaired) electrons. The second-order valence-electron chi connectivity index (χ2n) is 4.75. The second-order valence-corrected chi connectivity index (χ2v) is 4.75. The van der Waals surface area contributed by atoms with Gasteiger partial charge in [-0.1, -0.05) is 11.2 Å². The lowest BCUT2D eigenvalue weighted by molar-refractivity contribution is 0.0590. The van der Waals surface area contributed by atoms with Crippen LogP contribution in [0.1, 0.15) is 23.9 Å². The van der Waals surface area contributed by atoms with E-state index in [1.54, 1.807) is 0 Å². The molecular formula is C13H16N4O2. The van der Waals surface area contributed by atoms with Crippen LogP contribution in [0.15, 0.2) is 22.7 Å². The molecule has 2 unspecified atom stereocenters. The first-order valence-electron chi connectivity index (χ1n) is 6.35. The van der Waals surface area contributed by atoms with Gasteiger partial charge in [-0.05, 0) is 25.5 Å². The lowest BCUT2D eigenvalue weighted by Gasteiger charge is -2.25. The molecular weight excluding hydrogens is 244 g/mol. The van der Waals surface area contributed by atoms with Gasteiger partial charge in [-0.15, -0.1) is 0 Å².